The minimum absolute atomic E-state index is 0.0421. The van der Waals surface area contributed by atoms with Gasteiger partial charge in [-0.3, -0.25) is 19.7 Å². The van der Waals surface area contributed by atoms with Gasteiger partial charge in [-0.25, -0.2) is 4.68 Å². The van der Waals surface area contributed by atoms with E-state index in [1.807, 2.05) is 0 Å². The monoisotopic (exact) mass is 399 g/mol. The molecule has 1 heterocycles. The Morgan fingerprint density at radius 2 is 1.82 bits per heavy atom. The average Bonchev–Trinajstić information content (AvgIpc) is 3.19. The molecular formula is C18H14ClN5O4. The lowest BCUT2D eigenvalue weighted by Gasteiger charge is -2.08. The van der Waals surface area contributed by atoms with Crippen molar-refractivity contribution in [3.8, 4) is 5.69 Å². The van der Waals surface area contributed by atoms with Gasteiger partial charge in [-0.05, 0) is 30.3 Å². The van der Waals surface area contributed by atoms with E-state index < -0.39 is 10.8 Å². The van der Waals surface area contributed by atoms with Crippen LogP contribution in [0.4, 0.5) is 11.4 Å². The number of benzene rings is 2. The Balaban J connectivity index is 1.79. The van der Waals surface area contributed by atoms with Crippen molar-refractivity contribution in [1.82, 2.24) is 15.1 Å². The Morgan fingerprint density at radius 3 is 2.46 bits per heavy atom. The number of nitro benzene ring substituents is 1. The van der Waals surface area contributed by atoms with Crippen LogP contribution in [0.2, 0.25) is 5.02 Å². The molecule has 0 aliphatic heterocycles. The molecule has 2 N–H and O–H groups in total. The van der Waals surface area contributed by atoms with E-state index in [4.69, 9.17) is 11.6 Å². The summed E-state index contributed by atoms with van der Waals surface area (Å²) in [5.74, 6) is -0.776. The lowest BCUT2D eigenvalue weighted by Crippen LogP contribution is -2.18. The number of aromatic nitrogens is 2. The average molecular weight is 400 g/mol. The summed E-state index contributed by atoms with van der Waals surface area (Å²) in [7, 11) is 1.50. The Kier molecular flexibility index (Phi) is 5.37. The molecule has 0 bridgehead atoms. The largest absolute Gasteiger partial charge is 0.355 e. The maximum Gasteiger partial charge on any atom is 0.269 e. The van der Waals surface area contributed by atoms with Gasteiger partial charge in [-0.15, -0.1) is 0 Å². The number of hydrogen-bond acceptors (Lipinski definition) is 5. The molecule has 2 aromatic carbocycles. The molecule has 2 amide bonds. The summed E-state index contributed by atoms with van der Waals surface area (Å²) in [4.78, 5) is 34.5. The van der Waals surface area contributed by atoms with E-state index in [0.29, 0.717) is 11.3 Å². The van der Waals surface area contributed by atoms with Crippen molar-refractivity contribution in [2.24, 2.45) is 0 Å². The van der Waals surface area contributed by atoms with Gasteiger partial charge >= 0.3 is 0 Å². The minimum Gasteiger partial charge on any atom is -0.355 e. The quantitative estimate of drug-likeness (QED) is 0.504. The number of halogens is 1. The minimum atomic E-state index is -0.498. The van der Waals surface area contributed by atoms with Crippen LogP contribution < -0.4 is 10.6 Å². The second-order valence-electron chi connectivity index (χ2n) is 5.67. The van der Waals surface area contributed by atoms with Gasteiger partial charge in [-0.1, -0.05) is 11.6 Å². The first-order chi connectivity index (χ1) is 13.4. The van der Waals surface area contributed by atoms with Gasteiger partial charge in [0.05, 0.1) is 33.1 Å². The lowest BCUT2D eigenvalue weighted by atomic mass is 10.2. The van der Waals surface area contributed by atoms with E-state index >= 15 is 0 Å². The smallest absolute Gasteiger partial charge is 0.269 e. The molecule has 0 radical (unpaired) electrons. The Labute approximate surface area is 164 Å². The van der Waals surface area contributed by atoms with Gasteiger partial charge in [0.25, 0.3) is 17.5 Å². The van der Waals surface area contributed by atoms with E-state index in [9.17, 15) is 19.7 Å². The number of nitrogens with zero attached hydrogens (tertiary/aromatic N) is 3. The maximum absolute atomic E-state index is 12.5. The number of carbonyl (C=O) groups is 2. The van der Waals surface area contributed by atoms with Crippen molar-refractivity contribution in [3.05, 3.63) is 81.1 Å². The van der Waals surface area contributed by atoms with Gasteiger partial charge in [0.15, 0.2) is 0 Å². The van der Waals surface area contributed by atoms with Crippen LogP contribution in [0.5, 0.6) is 0 Å². The van der Waals surface area contributed by atoms with E-state index in [1.54, 1.807) is 6.07 Å². The number of nitro groups is 1. The molecule has 3 rings (SSSR count). The fourth-order valence-corrected chi connectivity index (χ4v) is 2.57. The zero-order chi connectivity index (χ0) is 20.3. The Morgan fingerprint density at radius 1 is 1.11 bits per heavy atom. The number of hydrogen-bond donors (Lipinski definition) is 2. The van der Waals surface area contributed by atoms with Gasteiger partial charge in [-0.2, -0.15) is 5.10 Å². The molecule has 9 nitrogen and oxygen atoms in total. The molecule has 0 saturated carbocycles. The van der Waals surface area contributed by atoms with Gasteiger partial charge in [0.1, 0.15) is 0 Å². The van der Waals surface area contributed by atoms with Crippen LogP contribution in [0.25, 0.3) is 5.69 Å². The number of rotatable bonds is 5. The van der Waals surface area contributed by atoms with E-state index in [1.165, 1.54) is 60.5 Å². The number of anilines is 1. The lowest BCUT2D eigenvalue weighted by molar-refractivity contribution is -0.384. The summed E-state index contributed by atoms with van der Waals surface area (Å²) < 4.78 is 1.42. The maximum atomic E-state index is 12.5. The van der Waals surface area contributed by atoms with Gasteiger partial charge < -0.3 is 10.6 Å². The van der Waals surface area contributed by atoms with Crippen molar-refractivity contribution in [3.63, 3.8) is 0 Å². The highest BCUT2D eigenvalue weighted by atomic mass is 35.5. The molecule has 1 aromatic heterocycles. The van der Waals surface area contributed by atoms with Crippen LogP contribution in [-0.4, -0.2) is 33.6 Å². The molecule has 0 saturated heterocycles. The summed E-state index contributed by atoms with van der Waals surface area (Å²) in [5, 5.41) is 20.2. The topological polar surface area (TPSA) is 119 Å². The summed E-state index contributed by atoms with van der Waals surface area (Å²) in [5.41, 5.74) is 1.41. The SMILES string of the molecule is CNC(=O)c1ccc(Cl)c(NC(=O)c2cnn(-c3ccc([N+](=O)[O-])cc3)c2)c1. The van der Waals surface area contributed by atoms with E-state index in [0.717, 1.165) is 0 Å². The molecule has 0 spiro atoms. The third-order valence-corrected chi connectivity index (χ3v) is 4.20. The first-order valence-corrected chi connectivity index (χ1v) is 8.39. The molecule has 0 unspecified atom stereocenters. The predicted octanol–water partition coefficient (Wildman–Crippen LogP) is 3.05. The molecule has 0 aliphatic carbocycles. The summed E-state index contributed by atoms with van der Waals surface area (Å²) in [6.07, 6.45) is 2.83. The molecule has 0 atom stereocenters. The molecule has 10 heteroatoms. The van der Waals surface area contributed by atoms with Crippen LogP contribution in [0.3, 0.4) is 0 Å². The predicted molar refractivity (Wildman–Crippen MR) is 103 cm³/mol. The van der Waals surface area contributed by atoms with E-state index in [2.05, 4.69) is 15.7 Å². The van der Waals surface area contributed by atoms with Crippen LogP contribution in [0.15, 0.2) is 54.9 Å². The molecule has 0 aliphatic rings. The Hall–Kier alpha value is -3.72. The molecule has 3 aromatic rings. The standard InChI is InChI=1S/C18H14ClN5O4/c1-20-17(25)11-2-7-15(19)16(8-11)22-18(26)12-9-21-23(10-12)13-3-5-14(6-4-13)24(27)28/h2-10H,1H3,(H,20,25)(H,22,26). The third kappa shape index (κ3) is 3.99. The highest BCUT2D eigenvalue weighted by Gasteiger charge is 2.14. The van der Waals surface area contributed by atoms with Crippen molar-refractivity contribution in [1.29, 1.82) is 0 Å². The van der Waals surface area contributed by atoms with Crippen LogP contribution >= 0.6 is 11.6 Å². The fraction of sp³-hybridized carbons (Fsp3) is 0.0556. The first-order valence-electron chi connectivity index (χ1n) is 8.01. The van der Waals surface area contributed by atoms with Crippen molar-refractivity contribution in [2.75, 3.05) is 12.4 Å². The van der Waals surface area contributed by atoms with Crippen molar-refractivity contribution >= 4 is 34.8 Å². The van der Waals surface area contributed by atoms with Gasteiger partial charge in [0.2, 0.25) is 0 Å². The first kappa shape index (κ1) is 19.1. The number of amides is 2. The van der Waals surface area contributed by atoms with Crippen LogP contribution in [-0.2, 0) is 0 Å². The van der Waals surface area contributed by atoms with Crippen molar-refractivity contribution in [2.45, 2.75) is 0 Å². The summed E-state index contributed by atoms with van der Waals surface area (Å²) in [6.45, 7) is 0. The molecular weight excluding hydrogens is 386 g/mol. The number of non-ortho nitro benzene ring substituents is 1. The molecule has 28 heavy (non-hydrogen) atoms. The van der Waals surface area contributed by atoms with Gasteiger partial charge in [0, 0.05) is 30.9 Å². The fourth-order valence-electron chi connectivity index (χ4n) is 2.41. The molecule has 0 fully saturated rings. The number of nitrogens with one attached hydrogen (secondary N) is 2. The Bertz CT molecular complexity index is 1060. The van der Waals surface area contributed by atoms with Crippen molar-refractivity contribution < 1.29 is 14.5 Å². The van der Waals surface area contributed by atoms with E-state index in [-0.39, 0.29) is 27.9 Å². The highest BCUT2D eigenvalue weighted by Crippen LogP contribution is 2.24. The third-order valence-electron chi connectivity index (χ3n) is 3.87. The molecule has 142 valence electrons. The highest BCUT2D eigenvalue weighted by molar-refractivity contribution is 6.34. The number of carbonyl (C=O) groups excluding carboxylic acids is 2. The second-order valence-corrected chi connectivity index (χ2v) is 6.08. The normalized spacial score (nSPS) is 10.4. The van der Waals surface area contributed by atoms with Crippen LogP contribution in [0, 0.1) is 10.1 Å². The van der Waals surface area contributed by atoms with Crippen LogP contribution in [0.1, 0.15) is 20.7 Å². The second kappa shape index (κ2) is 7.89. The zero-order valence-electron chi connectivity index (χ0n) is 14.5. The summed E-state index contributed by atoms with van der Waals surface area (Å²) >= 11 is 6.09. The zero-order valence-corrected chi connectivity index (χ0v) is 15.3. The summed E-state index contributed by atoms with van der Waals surface area (Å²) in [6, 6.07) is 10.3.